The number of nitrogens with zero attached hydrogens (tertiary/aromatic N) is 3. The lowest BCUT2D eigenvalue weighted by atomic mass is 10.2. The maximum absolute atomic E-state index is 10.2. The molecule has 1 aliphatic rings. The SMILES string of the molecule is COc1cc(N2CC[P+](C)(O)CC2)ccc1Nc1nc(Cl)ncc1Cl. The number of hydrogen-bond donors (Lipinski definition) is 2. The number of benzene rings is 1. The first-order valence-corrected chi connectivity index (χ1v) is 11.1. The second-order valence-corrected chi connectivity index (χ2v) is 10.4. The molecule has 1 aromatic carbocycles. The van der Waals surface area contributed by atoms with Gasteiger partial charge in [-0.15, -0.1) is 0 Å². The Hall–Kier alpha value is -1.33. The summed E-state index contributed by atoms with van der Waals surface area (Å²) in [6.45, 7) is 3.70. The quantitative estimate of drug-likeness (QED) is 0.597. The Morgan fingerprint density at radius 1 is 1.28 bits per heavy atom. The van der Waals surface area contributed by atoms with Crippen LogP contribution in [0, 0.1) is 0 Å². The molecule has 3 rings (SSSR count). The van der Waals surface area contributed by atoms with Crippen LogP contribution in [0.2, 0.25) is 10.3 Å². The predicted molar refractivity (Wildman–Crippen MR) is 105 cm³/mol. The number of halogens is 2. The van der Waals surface area contributed by atoms with E-state index in [4.69, 9.17) is 27.9 Å². The lowest BCUT2D eigenvalue weighted by Gasteiger charge is -2.32. The highest BCUT2D eigenvalue weighted by atomic mass is 35.5. The molecule has 0 saturated carbocycles. The Morgan fingerprint density at radius 2 is 2.00 bits per heavy atom. The van der Waals surface area contributed by atoms with Crippen molar-refractivity contribution < 1.29 is 9.63 Å². The van der Waals surface area contributed by atoms with Crippen molar-refractivity contribution in [3.63, 3.8) is 0 Å². The lowest BCUT2D eigenvalue weighted by Crippen LogP contribution is -2.36. The molecule has 0 radical (unpaired) electrons. The van der Waals surface area contributed by atoms with Gasteiger partial charge >= 0.3 is 0 Å². The van der Waals surface area contributed by atoms with Gasteiger partial charge in [-0.3, -0.25) is 4.89 Å². The molecule has 0 aliphatic carbocycles. The van der Waals surface area contributed by atoms with Gasteiger partial charge in [0, 0.05) is 11.8 Å². The number of methoxy groups -OCH3 is 1. The lowest BCUT2D eigenvalue weighted by molar-refractivity contribution is 0.417. The van der Waals surface area contributed by atoms with Crippen LogP contribution in [-0.2, 0) is 0 Å². The largest absolute Gasteiger partial charge is 0.494 e. The molecule has 25 heavy (non-hydrogen) atoms. The first-order valence-electron chi connectivity index (χ1n) is 7.83. The van der Waals surface area contributed by atoms with Crippen molar-refractivity contribution in [2.24, 2.45) is 0 Å². The Kier molecular flexibility index (Phi) is 5.54. The van der Waals surface area contributed by atoms with Crippen molar-refractivity contribution in [2.75, 3.05) is 49.4 Å². The predicted octanol–water partition coefficient (Wildman–Crippen LogP) is 3.91. The van der Waals surface area contributed by atoms with Crippen LogP contribution >= 0.6 is 30.7 Å². The number of aromatic nitrogens is 2. The molecule has 0 amide bonds. The van der Waals surface area contributed by atoms with Crippen molar-refractivity contribution in [1.82, 2.24) is 9.97 Å². The number of ether oxygens (including phenoxy) is 1. The molecule has 9 heteroatoms. The highest BCUT2D eigenvalue weighted by molar-refractivity contribution is 7.69. The molecule has 1 fully saturated rings. The second kappa shape index (κ2) is 7.50. The van der Waals surface area contributed by atoms with E-state index in [1.54, 1.807) is 7.11 Å². The maximum atomic E-state index is 10.2. The van der Waals surface area contributed by atoms with Gasteiger partial charge in [-0.1, -0.05) is 11.6 Å². The smallest absolute Gasteiger partial charge is 0.224 e. The summed E-state index contributed by atoms with van der Waals surface area (Å²) < 4.78 is 5.51. The van der Waals surface area contributed by atoms with Crippen LogP contribution in [0.5, 0.6) is 5.75 Å². The molecular formula is C16H20Cl2N4O2P+. The fourth-order valence-electron chi connectivity index (χ4n) is 2.69. The van der Waals surface area contributed by atoms with E-state index in [1.807, 2.05) is 24.9 Å². The van der Waals surface area contributed by atoms with Gasteiger partial charge in [0.05, 0.1) is 38.7 Å². The van der Waals surface area contributed by atoms with Crippen molar-refractivity contribution in [1.29, 1.82) is 0 Å². The zero-order valence-electron chi connectivity index (χ0n) is 14.0. The molecule has 1 aliphatic heterocycles. The van der Waals surface area contributed by atoms with Crippen LogP contribution in [-0.4, -0.2) is 54.0 Å². The Balaban J connectivity index is 1.81. The topological polar surface area (TPSA) is 70.5 Å². The minimum Gasteiger partial charge on any atom is -0.494 e. The van der Waals surface area contributed by atoms with Crippen molar-refractivity contribution in [3.05, 3.63) is 34.7 Å². The zero-order chi connectivity index (χ0) is 18.0. The molecule has 0 atom stereocenters. The van der Waals surface area contributed by atoms with Crippen molar-refractivity contribution in [3.8, 4) is 5.75 Å². The summed E-state index contributed by atoms with van der Waals surface area (Å²) in [5.41, 5.74) is 1.80. The Morgan fingerprint density at radius 3 is 2.68 bits per heavy atom. The summed E-state index contributed by atoms with van der Waals surface area (Å²) in [5, 5.41) is 3.62. The van der Waals surface area contributed by atoms with Crippen LogP contribution in [0.1, 0.15) is 0 Å². The van der Waals surface area contributed by atoms with E-state index in [0.717, 1.165) is 36.8 Å². The zero-order valence-corrected chi connectivity index (χ0v) is 16.4. The second-order valence-electron chi connectivity index (χ2n) is 6.12. The Labute approximate surface area is 157 Å². The molecule has 0 bridgehead atoms. The summed E-state index contributed by atoms with van der Waals surface area (Å²) >= 11 is 11.9. The van der Waals surface area contributed by atoms with E-state index in [-0.39, 0.29) is 5.28 Å². The maximum Gasteiger partial charge on any atom is 0.224 e. The highest BCUT2D eigenvalue weighted by Gasteiger charge is 2.34. The van der Waals surface area contributed by atoms with E-state index >= 15 is 0 Å². The molecule has 2 N–H and O–H groups in total. The molecule has 1 saturated heterocycles. The Bertz CT molecular complexity index is 766. The standard InChI is InChI=1S/C16H20Cl2N4O2P/c1-24-14-9-11(22-5-7-25(2,23)8-6-22)3-4-13(14)20-15-12(17)10-19-16(18)21-15/h3-4,9-10,23H,5-8H2,1-2H3,(H,19,20,21)/q+1. The molecule has 134 valence electrons. The van der Waals surface area contributed by atoms with E-state index in [9.17, 15) is 4.89 Å². The number of nitrogens with one attached hydrogen (secondary N) is 1. The monoisotopic (exact) mass is 401 g/mol. The van der Waals surface area contributed by atoms with Crippen LogP contribution in [0.15, 0.2) is 24.4 Å². The molecule has 0 spiro atoms. The van der Waals surface area contributed by atoms with E-state index in [0.29, 0.717) is 16.6 Å². The average Bonchev–Trinajstić information content (AvgIpc) is 2.58. The fourth-order valence-corrected chi connectivity index (χ4v) is 4.53. The van der Waals surface area contributed by atoms with Gasteiger partial charge in [-0.2, -0.15) is 4.98 Å². The molecule has 0 unspecified atom stereocenters. The normalized spacial score (nSPS) is 16.6. The van der Waals surface area contributed by atoms with Crippen LogP contribution in [0.3, 0.4) is 0 Å². The van der Waals surface area contributed by atoms with E-state index < -0.39 is 7.49 Å². The summed E-state index contributed by atoms with van der Waals surface area (Å²) in [4.78, 5) is 20.4. The summed E-state index contributed by atoms with van der Waals surface area (Å²) in [6, 6.07) is 5.90. The number of rotatable bonds is 4. The summed E-state index contributed by atoms with van der Waals surface area (Å²) in [7, 11) is -0.0890. The summed E-state index contributed by atoms with van der Waals surface area (Å²) in [5.74, 6) is 1.10. The van der Waals surface area contributed by atoms with Gasteiger partial charge in [0.25, 0.3) is 0 Å². The third-order valence-electron chi connectivity index (χ3n) is 4.22. The van der Waals surface area contributed by atoms with Crippen molar-refractivity contribution in [2.45, 2.75) is 0 Å². The van der Waals surface area contributed by atoms with Gasteiger partial charge in [-0.25, -0.2) is 4.98 Å². The molecule has 2 aromatic rings. The van der Waals surface area contributed by atoms with Gasteiger partial charge in [0.2, 0.25) is 5.28 Å². The third kappa shape index (κ3) is 4.45. The van der Waals surface area contributed by atoms with Crippen LogP contribution < -0.4 is 15.0 Å². The molecular weight excluding hydrogens is 382 g/mol. The minimum absolute atomic E-state index is 0.117. The van der Waals surface area contributed by atoms with Gasteiger partial charge < -0.3 is 15.0 Å². The average molecular weight is 402 g/mol. The van der Waals surface area contributed by atoms with E-state index in [2.05, 4.69) is 20.2 Å². The minimum atomic E-state index is -1.71. The molecule has 1 aromatic heterocycles. The van der Waals surface area contributed by atoms with Gasteiger partial charge in [0.15, 0.2) is 5.82 Å². The first-order chi connectivity index (χ1) is 11.9. The first kappa shape index (κ1) is 18.5. The molecule has 6 nitrogen and oxygen atoms in total. The third-order valence-corrected chi connectivity index (χ3v) is 7.01. The fraction of sp³-hybridized carbons (Fsp3) is 0.375. The molecule has 2 heterocycles. The van der Waals surface area contributed by atoms with Gasteiger partial charge in [-0.05, 0) is 23.7 Å². The van der Waals surface area contributed by atoms with Crippen LogP contribution in [0.25, 0.3) is 0 Å². The number of hydrogen-bond acceptors (Lipinski definition) is 6. The van der Waals surface area contributed by atoms with Crippen LogP contribution in [0.4, 0.5) is 17.2 Å². The highest BCUT2D eigenvalue weighted by Crippen LogP contribution is 2.52. The summed E-state index contributed by atoms with van der Waals surface area (Å²) in [6.07, 6.45) is 3.15. The van der Waals surface area contributed by atoms with Gasteiger partial charge in [0.1, 0.15) is 30.6 Å². The van der Waals surface area contributed by atoms with Crippen molar-refractivity contribution >= 4 is 47.9 Å². The van der Waals surface area contributed by atoms with E-state index in [1.165, 1.54) is 6.20 Å². The number of anilines is 3.